The van der Waals surface area contributed by atoms with Gasteiger partial charge in [-0.25, -0.2) is 0 Å². The van der Waals surface area contributed by atoms with E-state index >= 15 is 0 Å². The van der Waals surface area contributed by atoms with E-state index in [1.807, 2.05) is 48.5 Å². The minimum atomic E-state index is -0.0825. The number of benzene rings is 2. The van der Waals surface area contributed by atoms with Crippen LogP contribution in [0.2, 0.25) is 0 Å². The highest BCUT2D eigenvalue weighted by Crippen LogP contribution is 2.24. The van der Waals surface area contributed by atoms with Crippen molar-refractivity contribution < 1.29 is 9.53 Å². The molecular weight excluding hydrogens is 286 g/mol. The normalized spacial score (nSPS) is 10.7. The zero-order valence-electron chi connectivity index (χ0n) is 11.3. The summed E-state index contributed by atoms with van der Waals surface area (Å²) in [6, 6.07) is 15.6. The lowest BCUT2D eigenvalue weighted by molar-refractivity contribution is 0.102. The number of halogens is 1. The van der Waals surface area contributed by atoms with Crippen molar-refractivity contribution in [2.75, 3.05) is 5.88 Å². The molecule has 0 fully saturated rings. The lowest BCUT2D eigenvalue weighted by Crippen LogP contribution is -1.98. The molecule has 0 aliphatic carbocycles. The predicted octanol–water partition coefficient (Wildman–Crippen LogP) is 4.17. The molecule has 0 saturated heterocycles. The first kappa shape index (κ1) is 13.7. The van der Waals surface area contributed by atoms with Gasteiger partial charge in [-0.1, -0.05) is 30.3 Å². The Balaban J connectivity index is 1.80. The number of ketones is 1. The van der Waals surface area contributed by atoms with Crippen molar-refractivity contribution in [3.63, 3.8) is 0 Å². The maximum atomic E-state index is 11.7. The van der Waals surface area contributed by atoms with E-state index in [0.717, 1.165) is 22.2 Å². The van der Waals surface area contributed by atoms with Crippen molar-refractivity contribution in [3.8, 4) is 5.75 Å². The van der Waals surface area contributed by atoms with Crippen LogP contribution < -0.4 is 4.74 Å². The van der Waals surface area contributed by atoms with Gasteiger partial charge in [0.1, 0.15) is 12.4 Å². The van der Waals surface area contributed by atoms with Crippen LogP contribution in [-0.2, 0) is 6.61 Å². The monoisotopic (exact) mass is 299 g/mol. The topological polar surface area (TPSA) is 42.1 Å². The number of aromatic amines is 1. The van der Waals surface area contributed by atoms with Crippen LogP contribution in [-0.4, -0.2) is 16.6 Å². The first-order valence-electron chi connectivity index (χ1n) is 6.65. The third kappa shape index (κ3) is 2.93. The maximum Gasteiger partial charge on any atom is 0.179 e. The number of aromatic nitrogens is 1. The van der Waals surface area contributed by atoms with Gasteiger partial charge >= 0.3 is 0 Å². The van der Waals surface area contributed by atoms with Gasteiger partial charge in [0.15, 0.2) is 5.78 Å². The Bertz CT molecular complexity index is 765. The van der Waals surface area contributed by atoms with E-state index in [0.29, 0.717) is 12.2 Å². The smallest absolute Gasteiger partial charge is 0.179 e. The van der Waals surface area contributed by atoms with E-state index in [1.165, 1.54) is 0 Å². The number of carbonyl (C=O) groups is 1. The van der Waals surface area contributed by atoms with E-state index in [2.05, 4.69) is 4.98 Å². The molecule has 0 radical (unpaired) electrons. The highest BCUT2D eigenvalue weighted by molar-refractivity contribution is 6.32. The van der Waals surface area contributed by atoms with Gasteiger partial charge in [0.25, 0.3) is 0 Å². The molecule has 0 spiro atoms. The standard InChI is InChI=1S/C17H14ClNO2/c18-9-17(20)15-10-19-16-8-13(6-7-14(15)16)21-11-12-4-2-1-3-5-12/h1-8,10,19H,9,11H2. The molecular formula is C17H14ClNO2. The van der Waals surface area contributed by atoms with Crippen LogP contribution >= 0.6 is 11.6 Å². The molecule has 1 heterocycles. The van der Waals surface area contributed by atoms with Gasteiger partial charge in [-0.15, -0.1) is 11.6 Å². The lowest BCUT2D eigenvalue weighted by Gasteiger charge is -2.06. The van der Waals surface area contributed by atoms with Gasteiger partial charge in [-0.2, -0.15) is 0 Å². The van der Waals surface area contributed by atoms with Crippen LogP contribution in [0.4, 0.5) is 0 Å². The first-order chi connectivity index (χ1) is 10.3. The SMILES string of the molecule is O=C(CCl)c1c[nH]c2cc(OCc3ccccc3)ccc12. The molecule has 3 rings (SSSR count). The minimum absolute atomic E-state index is 0.0147. The van der Waals surface area contributed by atoms with E-state index in [4.69, 9.17) is 16.3 Å². The van der Waals surface area contributed by atoms with Crippen LogP contribution in [0, 0.1) is 0 Å². The molecule has 2 aromatic carbocycles. The van der Waals surface area contributed by atoms with Gasteiger partial charge in [-0.3, -0.25) is 4.79 Å². The Morgan fingerprint density at radius 2 is 1.95 bits per heavy atom. The largest absolute Gasteiger partial charge is 0.489 e. The number of fused-ring (bicyclic) bond motifs is 1. The molecule has 21 heavy (non-hydrogen) atoms. The van der Waals surface area contributed by atoms with Gasteiger partial charge in [0.05, 0.1) is 5.88 Å². The number of nitrogens with one attached hydrogen (secondary N) is 1. The molecule has 3 nitrogen and oxygen atoms in total. The predicted molar refractivity (Wildman–Crippen MR) is 84.1 cm³/mol. The number of H-pyrrole nitrogens is 1. The maximum absolute atomic E-state index is 11.7. The molecule has 106 valence electrons. The summed E-state index contributed by atoms with van der Waals surface area (Å²) < 4.78 is 5.77. The Labute approximate surface area is 127 Å². The van der Waals surface area contributed by atoms with Crippen LogP contribution in [0.1, 0.15) is 15.9 Å². The molecule has 0 aliphatic rings. The zero-order valence-corrected chi connectivity index (χ0v) is 12.1. The molecule has 4 heteroatoms. The molecule has 3 aromatic rings. The Hall–Kier alpha value is -2.26. The van der Waals surface area contributed by atoms with E-state index in [1.54, 1.807) is 6.20 Å². The van der Waals surface area contributed by atoms with Gasteiger partial charge in [-0.05, 0) is 17.7 Å². The fourth-order valence-corrected chi connectivity index (χ4v) is 2.38. The molecule has 0 atom stereocenters. The summed E-state index contributed by atoms with van der Waals surface area (Å²) in [6.45, 7) is 0.514. The Morgan fingerprint density at radius 3 is 2.71 bits per heavy atom. The zero-order chi connectivity index (χ0) is 14.7. The second kappa shape index (κ2) is 6.02. The fourth-order valence-electron chi connectivity index (χ4n) is 2.24. The third-order valence-electron chi connectivity index (χ3n) is 3.32. The average Bonchev–Trinajstić information content (AvgIpc) is 2.96. The first-order valence-corrected chi connectivity index (χ1v) is 7.18. The summed E-state index contributed by atoms with van der Waals surface area (Å²) >= 11 is 5.60. The average molecular weight is 300 g/mol. The van der Waals surface area contributed by atoms with Crippen LogP contribution in [0.3, 0.4) is 0 Å². The van der Waals surface area contributed by atoms with Crippen LogP contribution in [0.15, 0.2) is 54.7 Å². The second-order valence-electron chi connectivity index (χ2n) is 4.74. The van der Waals surface area contributed by atoms with Crippen molar-refractivity contribution in [1.82, 2.24) is 4.98 Å². The number of hydrogen-bond donors (Lipinski definition) is 1. The quantitative estimate of drug-likeness (QED) is 0.567. The van der Waals surface area contributed by atoms with E-state index < -0.39 is 0 Å². The Kier molecular flexibility index (Phi) is 3.93. The highest BCUT2D eigenvalue weighted by Gasteiger charge is 2.11. The Morgan fingerprint density at radius 1 is 1.14 bits per heavy atom. The fraction of sp³-hybridized carbons (Fsp3) is 0.118. The van der Waals surface area contributed by atoms with Crippen molar-refractivity contribution in [1.29, 1.82) is 0 Å². The highest BCUT2D eigenvalue weighted by atomic mass is 35.5. The molecule has 0 unspecified atom stereocenters. The van der Waals surface area contributed by atoms with Crippen LogP contribution in [0.5, 0.6) is 5.75 Å². The molecule has 1 N–H and O–H groups in total. The van der Waals surface area contributed by atoms with E-state index in [9.17, 15) is 4.79 Å². The number of rotatable bonds is 5. The molecule has 0 bridgehead atoms. The lowest BCUT2D eigenvalue weighted by atomic mass is 10.1. The van der Waals surface area contributed by atoms with Crippen molar-refractivity contribution in [2.45, 2.75) is 6.61 Å². The third-order valence-corrected chi connectivity index (χ3v) is 3.57. The van der Waals surface area contributed by atoms with Crippen molar-refractivity contribution in [3.05, 3.63) is 65.9 Å². The summed E-state index contributed by atoms with van der Waals surface area (Å²) in [5, 5.41) is 0.868. The summed E-state index contributed by atoms with van der Waals surface area (Å²) in [4.78, 5) is 14.8. The van der Waals surface area contributed by atoms with Gasteiger partial charge < -0.3 is 9.72 Å². The summed E-state index contributed by atoms with van der Waals surface area (Å²) in [5.74, 6) is 0.665. The second-order valence-corrected chi connectivity index (χ2v) is 5.01. The van der Waals surface area contributed by atoms with E-state index in [-0.39, 0.29) is 11.7 Å². The van der Waals surface area contributed by atoms with Crippen molar-refractivity contribution >= 4 is 28.3 Å². The number of carbonyl (C=O) groups excluding carboxylic acids is 1. The van der Waals surface area contributed by atoms with Gasteiger partial charge in [0, 0.05) is 28.7 Å². The number of hydrogen-bond acceptors (Lipinski definition) is 2. The number of Topliss-reactive ketones (excluding diaryl/α,β-unsaturated/α-hetero) is 1. The van der Waals surface area contributed by atoms with Crippen LogP contribution in [0.25, 0.3) is 10.9 Å². The number of alkyl halides is 1. The molecule has 0 aliphatic heterocycles. The summed E-state index contributed by atoms with van der Waals surface area (Å²) in [6.07, 6.45) is 1.69. The molecule has 0 saturated carbocycles. The number of ether oxygens (including phenoxy) is 1. The molecule has 0 amide bonds. The van der Waals surface area contributed by atoms with Crippen molar-refractivity contribution in [2.24, 2.45) is 0 Å². The summed E-state index contributed by atoms with van der Waals surface area (Å²) in [5.41, 5.74) is 2.60. The van der Waals surface area contributed by atoms with Gasteiger partial charge in [0.2, 0.25) is 0 Å². The minimum Gasteiger partial charge on any atom is -0.489 e. The summed E-state index contributed by atoms with van der Waals surface area (Å²) in [7, 11) is 0. The molecule has 1 aromatic heterocycles.